The Balaban J connectivity index is 1.44. The molecule has 0 aliphatic heterocycles. The third-order valence-electron chi connectivity index (χ3n) is 4.55. The maximum Gasteiger partial charge on any atom is 0.00202 e. The molecule has 0 spiro atoms. The van der Waals surface area contributed by atoms with Crippen LogP contribution in [0.1, 0.15) is 55.6 Å². The standard InChI is InChI=1S/C17H25N/c1-2-9-17-15(6-1)7-3-8-16(17)13-18-12-4-5-14-10-11-14/h1-2,6,9,14,16,18H,3-5,7-8,10-13H2. The summed E-state index contributed by atoms with van der Waals surface area (Å²) in [7, 11) is 0. The highest BCUT2D eigenvalue weighted by atomic mass is 14.9. The van der Waals surface area contributed by atoms with Crippen molar-refractivity contribution < 1.29 is 0 Å². The van der Waals surface area contributed by atoms with Crippen molar-refractivity contribution in [1.82, 2.24) is 5.32 Å². The van der Waals surface area contributed by atoms with Gasteiger partial charge in [0.25, 0.3) is 0 Å². The summed E-state index contributed by atoms with van der Waals surface area (Å²) in [5.74, 6) is 1.85. The van der Waals surface area contributed by atoms with E-state index in [9.17, 15) is 0 Å². The Kier molecular flexibility index (Phi) is 3.99. The van der Waals surface area contributed by atoms with Gasteiger partial charge < -0.3 is 5.32 Å². The van der Waals surface area contributed by atoms with Crippen LogP contribution in [0.2, 0.25) is 0 Å². The van der Waals surface area contributed by atoms with Crippen molar-refractivity contribution in [1.29, 1.82) is 0 Å². The SMILES string of the molecule is c1ccc2c(c1)CCCC2CNCCCC1CC1. The molecule has 1 fully saturated rings. The zero-order valence-electron chi connectivity index (χ0n) is 11.3. The van der Waals surface area contributed by atoms with Gasteiger partial charge in [-0.25, -0.2) is 0 Å². The van der Waals surface area contributed by atoms with E-state index in [0.717, 1.165) is 11.8 Å². The van der Waals surface area contributed by atoms with Crippen LogP contribution in [0.15, 0.2) is 24.3 Å². The number of aryl methyl sites for hydroxylation is 1. The molecular weight excluding hydrogens is 218 g/mol. The lowest BCUT2D eigenvalue weighted by molar-refractivity contribution is 0.496. The van der Waals surface area contributed by atoms with Crippen molar-refractivity contribution in [2.24, 2.45) is 5.92 Å². The smallest absolute Gasteiger partial charge is 0.00202 e. The molecule has 1 nitrogen and oxygen atoms in total. The number of hydrogen-bond donors (Lipinski definition) is 1. The van der Waals surface area contributed by atoms with Crippen molar-refractivity contribution in [2.75, 3.05) is 13.1 Å². The van der Waals surface area contributed by atoms with Gasteiger partial charge in [-0.3, -0.25) is 0 Å². The van der Waals surface area contributed by atoms with E-state index in [4.69, 9.17) is 0 Å². The van der Waals surface area contributed by atoms with Crippen molar-refractivity contribution in [3.05, 3.63) is 35.4 Å². The number of fused-ring (bicyclic) bond motifs is 1. The highest BCUT2D eigenvalue weighted by Gasteiger charge is 2.21. The summed E-state index contributed by atoms with van der Waals surface area (Å²) in [6.07, 6.45) is 9.84. The quantitative estimate of drug-likeness (QED) is 0.748. The Hall–Kier alpha value is -0.820. The first-order valence-corrected chi connectivity index (χ1v) is 7.72. The summed E-state index contributed by atoms with van der Waals surface area (Å²) in [4.78, 5) is 0. The number of nitrogens with one attached hydrogen (secondary N) is 1. The maximum atomic E-state index is 3.68. The average Bonchev–Trinajstić information content (AvgIpc) is 3.23. The lowest BCUT2D eigenvalue weighted by Crippen LogP contribution is -2.25. The molecule has 1 heteroatoms. The summed E-state index contributed by atoms with van der Waals surface area (Å²) in [5, 5.41) is 3.68. The van der Waals surface area contributed by atoms with E-state index < -0.39 is 0 Å². The fraction of sp³-hybridized carbons (Fsp3) is 0.647. The third-order valence-corrected chi connectivity index (χ3v) is 4.55. The van der Waals surface area contributed by atoms with Gasteiger partial charge in [-0.05, 0) is 61.6 Å². The van der Waals surface area contributed by atoms with Gasteiger partial charge in [0.1, 0.15) is 0 Å². The van der Waals surface area contributed by atoms with E-state index in [1.165, 1.54) is 58.0 Å². The molecule has 0 radical (unpaired) electrons. The van der Waals surface area contributed by atoms with E-state index in [2.05, 4.69) is 29.6 Å². The minimum absolute atomic E-state index is 0.760. The molecule has 0 bridgehead atoms. The normalized spacial score (nSPS) is 22.8. The Labute approximate surface area is 111 Å². The van der Waals surface area contributed by atoms with E-state index in [-0.39, 0.29) is 0 Å². The van der Waals surface area contributed by atoms with Crippen LogP contribution < -0.4 is 5.32 Å². The van der Waals surface area contributed by atoms with Gasteiger partial charge in [-0.1, -0.05) is 37.1 Å². The summed E-state index contributed by atoms with van der Waals surface area (Å²) >= 11 is 0. The van der Waals surface area contributed by atoms with E-state index in [1.54, 1.807) is 11.1 Å². The zero-order chi connectivity index (χ0) is 12.2. The molecule has 18 heavy (non-hydrogen) atoms. The van der Waals surface area contributed by atoms with E-state index in [0.29, 0.717) is 0 Å². The second-order valence-corrected chi connectivity index (χ2v) is 6.08. The predicted molar refractivity (Wildman–Crippen MR) is 76.9 cm³/mol. The Bertz CT molecular complexity index is 381. The molecule has 0 heterocycles. The summed E-state index contributed by atoms with van der Waals surface area (Å²) in [6, 6.07) is 9.04. The second kappa shape index (κ2) is 5.88. The fourth-order valence-corrected chi connectivity index (χ4v) is 3.27. The molecule has 1 N–H and O–H groups in total. The first-order valence-electron chi connectivity index (χ1n) is 7.72. The molecule has 2 aliphatic carbocycles. The molecule has 2 aliphatic rings. The van der Waals surface area contributed by atoms with Gasteiger partial charge in [-0.2, -0.15) is 0 Å². The average molecular weight is 243 g/mol. The van der Waals surface area contributed by atoms with Gasteiger partial charge >= 0.3 is 0 Å². The van der Waals surface area contributed by atoms with Crippen LogP contribution in [0.4, 0.5) is 0 Å². The van der Waals surface area contributed by atoms with Crippen LogP contribution >= 0.6 is 0 Å². The van der Waals surface area contributed by atoms with E-state index >= 15 is 0 Å². The molecule has 3 rings (SSSR count). The summed E-state index contributed by atoms with van der Waals surface area (Å²) in [6.45, 7) is 2.40. The Morgan fingerprint density at radius 3 is 2.89 bits per heavy atom. The predicted octanol–water partition coefficient (Wildman–Crippen LogP) is 3.89. The fourth-order valence-electron chi connectivity index (χ4n) is 3.27. The Morgan fingerprint density at radius 1 is 1.11 bits per heavy atom. The highest BCUT2D eigenvalue weighted by Crippen LogP contribution is 2.33. The van der Waals surface area contributed by atoms with E-state index in [1.807, 2.05) is 0 Å². The maximum absolute atomic E-state index is 3.68. The van der Waals surface area contributed by atoms with Crippen molar-refractivity contribution in [3.8, 4) is 0 Å². The monoisotopic (exact) mass is 243 g/mol. The van der Waals surface area contributed by atoms with Gasteiger partial charge in [0, 0.05) is 6.54 Å². The van der Waals surface area contributed by atoms with Crippen LogP contribution in [-0.4, -0.2) is 13.1 Å². The first-order chi connectivity index (χ1) is 8.93. The molecule has 1 atom stereocenters. The lowest BCUT2D eigenvalue weighted by atomic mass is 9.83. The molecule has 98 valence electrons. The largest absolute Gasteiger partial charge is 0.316 e. The highest BCUT2D eigenvalue weighted by molar-refractivity contribution is 5.32. The topological polar surface area (TPSA) is 12.0 Å². The molecule has 0 amide bonds. The summed E-state index contributed by atoms with van der Waals surface area (Å²) in [5.41, 5.74) is 3.20. The van der Waals surface area contributed by atoms with Gasteiger partial charge in [0.15, 0.2) is 0 Å². The zero-order valence-corrected chi connectivity index (χ0v) is 11.3. The number of benzene rings is 1. The molecule has 1 unspecified atom stereocenters. The lowest BCUT2D eigenvalue weighted by Gasteiger charge is -2.25. The minimum atomic E-state index is 0.760. The first kappa shape index (κ1) is 12.2. The van der Waals surface area contributed by atoms with Crippen molar-refractivity contribution in [3.63, 3.8) is 0 Å². The van der Waals surface area contributed by atoms with Crippen LogP contribution in [0.25, 0.3) is 0 Å². The second-order valence-electron chi connectivity index (χ2n) is 6.08. The van der Waals surface area contributed by atoms with Crippen molar-refractivity contribution >= 4 is 0 Å². The van der Waals surface area contributed by atoms with Crippen molar-refractivity contribution in [2.45, 2.75) is 50.9 Å². The third kappa shape index (κ3) is 3.14. The van der Waals surface area contributed by atoms with Gasteiger partial charge in [-0.15, -0.1) is 0 Å². The minimum Gasteiger partial charge on any atom is -0.316 e. The Morgan fingerprint density at radius 2 is 2.00 bits per heavy atom. The van der Waals surface area contributed by atoms with Crippen LogP contribution in [0.5, 0.6) is 0 Å². The molecule has 0 aromatic heterocycles. The van der Waals surface area contributed by atoms with Crippen LogP contribution in [-0.2, 0) is 6.42 Å². The van der Waals surface area contributed by atoms with Gasteiger partial charge in [0.05, 0.1) is 0 Å². The molecule has 1 aromatic carbocycles. The number of hydrogen-bond acceptors (Lipinski definition) is 1. The molecular formula is C17H25N. The van der Waals surface area contributed by atoms with Crippen LogP contribution in [0.3, 0.4) is 0 Å². The molecule has 1 aromatic rings. The van der Waals surface area contributed by atoms with Gasteiger partial charge in [0.2, 0.25) is 0 Å². The summed E-state index contributed by atoms with van der Waals surface area (Å²) < 4.78 is 0. The van der Waals surface area contributed by atoms with Crippen LogP contribution in [0, 0.1) is 5.92 Å². The molecule has 0 saturated heterocycles. The number of rotatable bonds is 6. The molecule has 1 saturated carbocycles.